The minimum Gasteiger partial charge on any atom is -0.311 e. The van der Waals surface area contributed by atoms with Crippen LogP contribution < -0.4 is 5.32 Å². The first-order chi connectivity index (χ1) is 9.90. The zero-order chi connectivity index (χ0) is 15.6. The van der Waals surface area contributed by atoms with Gasteiger partial charge in [0.1, 0.15) is 0 Å². The molecular formula is C14H21BrF3N3. The summed E-state index contributed by atoms with van der Waals surface area (Å²) in [5, 5.41) is 7.33. The molecular weight excluding hydrogens is 347 g/mol. The third kappa shape index (κ3) is 3.44. The first-order valence-corrected chi connectivity index (χ1v) is 8.14. The van der Waals surface area contributed by atoms with Crippen LogP contribution in [0.25, 0.3) is 0 Å². The molecule has 1 fully saturated rings. The normalized spacial score (nSPS) is 25.0. The van der Waals surface area contributed by atoms with Crippen LogP contribution >= 0.6 is 15.9 Å². The maximum Gasteiger partial charge on any atom is 0.392 e. The summed E-state index contributed by atoms with van der Waals surface area (Å²) in [4.78, 5) is 0. The summed E-state index contributed by atoms with van der Waals surface area (Å²) in [5.74, 6) is -1.68. The number of alkyl halides is 3. The van der Waals surface area contributed by atoms with Crippen LogP contribution in [0.5, 0.6) is 0 Å². The monoisotopic (exact) mass is 367 g/mol. The molecule has 1 saturated carbocycles. The van der Waals surface area contributed by atoms with Crippen LogP contribution in [0.2, 0.25) is 0 Å². The van der Waals surface area contributed by atoms with Crippen LogP contribution in [0.1, 0.15) is 44.3 Å². The van der Waals surface area contributed by atoms with E-state index in [1.165, 1.54) is 0 Å². The topological polar surface area (TPSA) is 29.9 Å². The largest absolute Gasteiger partial charge is 0.392 e. The number of nitrogens with zero attached hydrogens (tertiary/aromatic N) is 2. The number of nitrogens with one attached hydrogen (secondary N) is 1. The SMILES string of the molecule is CCn1ncc(Br)c1C(NC)C1CCCCC1C(F)(F)F. The van der Waals surface area contributed by atoms with Crippen molar-refractivity contribution < 1.29 is 13.2 Å². The summed E-state index contributed by atoms with van der Waals surface area (Å²) < 4.78 is 42.6. The van der Waals surface area contributed by atoms with Gasteiger partial charge in [0.2, 0.25) is 0 Å². The van der Waals surface area contributed by atoms with E-state index in [9.17, 15) is 13.2 Å². The van der Waals surface area contributed by atoms with Gasteiger partial charge in [-0.2, -0.15) is 18.3 Å². The van der Waals surface area contributed by atoms with Gasteiger partial charge < -0.3 is 5.32 Å². The molecule has 1 aromatic rings. The fourth-order valence-corrected chi connectivity index (χ4v) is 3.99. The zero-order valence-electron chi connectivity index (χ0n) is 12.3. The first-order valence-electron chi connectivity index (χ1n) is 7.35. The molecule has 1 aliphatic carbocycles. The predicted octanol–water partition coefficient (Wildman–Crippen LogP) is 4.29. The number of hydrogen-bond acceptors (Lipinski definition) is 2. The van der Waals surface area contributed by atoms with E-state index in [2.05, 4.69) is 26.3 Å². The molecule has 0 amide bonds. The van der Waals surface area contributed by atoms with Crippen molar-refractivity contribution in [3.63, 3.8) is 0 Å². The second-order valence-corrected chi connectivity index (χ2v) is 6.41. The summed E-state index contributed by atoms with van der Waals surface area (Å²) >= 11 is 3.43. The van der Waals surface area contributed by atoms with Crippen molar-refractivity contribution in [2.45, 2.75) is 51.4 Å². The average molecular weight is 368 g/mol. The van der Waals surface area contributed by atoms with Crippen molar-refractivity contribution in [1.29, 1.82) is 0 Å². The van der Waals surface area contributed by atoms with Gasteiger partial charge in [-0.15, -0.1) is 0 Å². The van der Waals surface area contributed by atoms with Crippen LogP contribution in [-0.4, -0.2) is 23.0 Å². The first kappa shape index (κ1) is 16.8. The highest BCUT2D eigenvalue weighted by molar-refractivity contribution is 9.10. The summed E-state index contributed by atoms with van der Waals surface area (Å²) in [5.41, 5.74) is 0.821. The van der Waals surface area contributed by atoms with E-state index in [0.717, 1.165) is 16.6 Å². The zero-order valence-corrected chi connectivity index (χ0v) is 13.8. The second-order valence-electron chi connectivity index (χ2n) is 5.56. The van der Waals surface area contributed by atoms with E-state index in [1.807, 2.05) is 6.92 Å². The van der Waals surface area contributed by atoms with Gasteiger partial charge >= 0.3 is 6.18 Å². The van der Waals surface area contributed by atoms with Crippen molar-refractivity contribution in [2.75, 3.05) is 7.05 Å². The number of rotatable bonds is 4. The molecule has 7 heteroatoms. The van der Waals surface area contributed by atoms with Crippen LogP contribution in [0.3, 0.4) is 0 Å². The lowest BCUT2D eigenvalue weighted by atomic mass is 9.74. The molecule has 0 bridgehead atoms. The Balaban J connectivity index is 2.36. The van der Waals surface area contributed by atoms with Gasteiger partial charge in [-0.05, 0) is 48.7 Å². The average Bonchev–Trinajstić information content (AvgIpc) is 2.81. The Morgan fingerprint density at radius 2 is 2.10 bits per heavy atom. The lowest BCUT2D eigenvalue weighted by Crippen LogP contribution is -2.40. The van der Waals surface area contributed by atoms with Gasteiger partial charge in [-0.1, -0.05) is 12.8 Å². The molecule has 3 nitrogen and oxygen atoms in total. The maximum absolute atomic E-state index is 13.4. The Hall–Kier alpha value is -0.560. The molecule has 3 atom stereocenters. The minimum absolute atomic E-state index is 0.226. The highest BCUT2D eigenvalue weighted by Crippen LogP contribution is 2.47. The molecule has 1 aromatic heterocycles. The molecule has 0 aromatic carbocycles. The van der Waals surface area contributed by atoms with Gasteiger partial charge in [0, 0.05) is 6.54 Å². The van der Waals surface area contributed by atoms with Crippen LogP contribution in [0.4, 0.5) is 13.2 Å². The Labute approximate surface area is 131 Å². The highest BCUT2D eigenvalue weighted by Gasteiger charge is 2.48. The molecule has 1 heterocycles. The third-order valence-corrected chi connectivity index (χ3v) is 5.02. The molecule has 0 radical (unpaired) electrons. The van der Waals surface area contributed by atoms with Crippen molar-refractivity contribution in [2.24, 2.45) is 11.8 Å². The number of aryl methyl sites for hydroxylation is 1. The Morgan fingerprint density at radius 1 is 1.43 bits per heavy atom. The molecule has 21 heavy (non-hydrogen) atoms. The smallest absolute Gasteiger partial charge is 0.311 e. The van der Waals surface area contributed by atoms with E-state index >= 15 is 0 Å². The number of aromatic nitrogens is 2. The molecule has 0 aliphatic heterocycles. The minimum atomic E-state index is -4.14. The van der Waals surface area contributed by atoms with Gasteiger partial charge in [-0.3, -0.25) is 4.68 Å². The quantitative estimate of drug-likeness (QED) is 0.859. The highest BCUT2D eigenvalue weighted by atomic mass is 79.9. The predicted molar refractivity (Wildman–Crippen MR) is 78.9 cm³/mol. The Morgan fingerprint density at radius 3 is 2.67 bits per heavy atom. The van der Waals surface area contributed by atoms with E-state index in [0.29, 0.717) is 19.4 Å². The molecule has 3 unspecified atom stereocenters. The van der Waals surface area contributed by atoms with Gasteiger partial charge in [0.15, 0.2) is 0 Å². The van der Waals surface area contributed by atoms with Gasteiger partial charge in [0.05, 0.1) is 28.3 Å². The number of halogens is 4. The fourth-order valence-electron chi connectivity index (χ4n) is 3.45. The molecule has 0 saturated heterocycles. The molecule has 0 spiro atoms. The van der Waals surface area contributed by atoms with Crippen LogP contribution in [0.15, 0.2) is 10.7 Å². The molecule has 120 valence electrons. The molecule has 2 rings (SSSR count). The third-order valence-electron chi connectivity index (χ3n) is 4.41. The van der Waals surface area contributed by atoms with Crippen LogP contribution in [-0.2, 0) is 6.54 Å². The Kier molecular flexibility index (Phi) is 5.35. The maximum atomic E-state index is 13.4. The summed E-state index contributed by atoms with van der Waals surface area (Å²) in [6, 6.07) is -0.339. The van der Waals surface area contributed by atoms with Crippen molar-refractivity contribution in [3.05, 3.63) is 16.4 Å². The summed E-state index contributed by atoms with van der Waals surface area (Å²) in [6.07, 6.45) is -0.141. The van der Waals surface area contributed by atoms with Crippen molar-refractivity contribution >= 4 is 15.9 Å². The molecule has 1 aliphatic rings. The van der Waals surface area contributed by atoms with E-state index < -0.39 is 18.0 Å². The van der Waals surface area contributed by atoms with E-state index in [4.69, 9.17) is 0 Å². The van der Waals surface area contributed by atoms with Crippen LogP contribution in [0, 0.1) is 11.8 Å². The summed E-state index contributed by atoms with van der Waals surface area (Å²) in [6.45, 7) is 2.58. The van der Waals surface area contributed by atoms with E-state index in [-0.39, 0.29) is 12.5 Å². The molecule has 1 N–H and O–H groups in total. The Bertz CT molecular complexity index is 473. The lowest BCUT2D eigenvalue weighted by Gasteiger charge is -2.38. The fraction of sp³-hybridized carbons (Fsp3) is 0.786. The van der Waals surface area contributed by atoms with E-state index in [1.54, 1.807) is 17.9 Å². The van der Waals surface area contributed by atoms with Gasteiger partial charge in [0.25, 0.3) is 0 Å². The van der Waals surface area contributed by atoms with Gasteiger partial charge in [-0.25, -0.2) is 0 Å². The second kappa shape index (κ2) is 6.69. The van der Waals surface area contributed by atoms with Crippen molar-refractivity contribution in [3.8, 4) is 0 Å². The summed E-state index contributed by atoms with van der Waals surface area (Å²) in [7, 11) is 1.73. The standard InChI is InChI=1S/C14H21BrF3N3/c1-3-21-13(11(15)8-20-21)12(19-2)9-6-4-5-7-10(9)14(16,17)18/h8-10,12,19H,3-7H2,1-2H3. The van der Waals surface area contributed by atoms with Crippen molar-refractivity contribution in [1.82, 2.24) is 15.1 Å². The number of hydrogen-bond donors (Lipinski definition) is 1. The lowest BCUT2D eigenvalue weighted by molar-refractivity contribution is -0.199.